The lowest BCUT2D eigenvalue weighted by atomic mass is 10.2. The van der Waals surface area contributed by atoms with Crippen LogP contribution in [0.5, 0.6) is 0 Å². The van der Waals surface area contributed by atoms with Crippen molar-refractivity contribution in [3.05, 3.63) is 40.7 Å². The number of amides is 1. The van der Waals surface area contributed by atoms with Crippen molar-refractivity contribution in [2.75, 3.05) is 0 Å². The van der Waals surface area contributed by atoms with Crippen LogP contribution in [0.15, 0.2) is 28.7 Å². The zero-order valence-corrected chi connectivity index (χ0v) is 9.28. The summed E-state index contributed by atoms with van der Waals surface area (Å²) in [7, 11) is 0. The van der Waals surface area contributed by atoms with Gasteiger partial charge in [0.15, 0.2) is 5.69 Å². The van der Waals surface area contributed by atoms with Crippen molar-refractivity contribution in [3.63, 3.8) is 0 Å². The second-order valence-corrected chi connectivity index (χ2v) is 3.73. The largest absolute Gasteiger partial charge is 0.441 e. The molecule has 0 spiro atoms. The van der Waals surface area contributed by atoms with E-state index >= 15 is 0 Å². The van der Waals surface area contributed by atoms with Crippen LogP contribution in [0, 0.1) is 6.92 Å². The van der Waals surface area contributed by atoms with E-state index in [4.69, 9.17) is 21.8 Å². The average molecular weight is 237 g/mol. The van der Waals surface area contributed by atoms with Gasteiger partial charge in [-0.15, -0.1) is 0 Å². The molecule has 1 heterocycles. The number of halogens is 1. The molecule has 1 amide bonds. The van der Waals surface area contributed by atoms with Gasteiger partial charge in [0.05, 0.1) is 0 Å². The summed E-state index contributed by atoms with van der Waals surface area (Å²) in [5, 5.41) is 0.578. The van der Waals surface area contributed by atoms with Crippen LogP contribution in [0.2, 0.25) is 5.02 Å². The molecule has 5 heteroatoms. The Balaban J connectivity index is 2.49. The maximum atomic E-state index is 11.0. The van der Waals surface area contributed by atoms with E-state index in [1.54, 1.807) is 31.2 Å². The fraction of sp³-hybridized carbons (Fsp3) is 0.0909. The second-order valence-electron chi connectivity index (χ2n) is 3.30. The first-order valence-electron chi connectivity index (χ1n) is 4.61. The van der Waals surface area contributed by atoms with Crippen LogP contribution in [0.3, 0.4) is 0 Å². The van der Waals surface area contributed by atoms with Crippen molar-refractivity contribution < 1.29 is 9.21 Å². The van der Waals surface area contributed by atoms with E-state index in [0.29, 0.717) is 22.2 Å². The molecule has 2 rings (SSSR count). The highest BCUT2D eigenvalue weighted by Gasteiger charge is 2.15. The maximum absolute atomic E-state index is 11.0. The predicted molar refractivity (Wildman–Crippen MR) is 60.2 cm³/mol. The molecule has 0 bridgehead atoms. The monoisotopic (exact) mass is 236 g/mol. The number of carbonyl (C=O) groups is 1. The Bertz CT molecular complexity index is 549. The predicted octanol–water partition coefficient (Wildman–Crippen LogP) is 2.40. The fourth-order valence-electron chi connectivity index (χ4n) is 1.37. The number of aromatic nitrogens is 1. The van der Waals surface area contributed by atoms with Gasteiger partial charge in [-0.2, -0.15) is 0 Å². The summed E-state index contributed by atoms with van der Waals surface area (Å²) in [6.45, 7) is 1.64. The second kappa shape index (κ2) is 3.98. The van der Waals surface area contributed by atoms with E-state index in [0.717, 1.165) is 0 Å². The number of aryl methyl sites for hydroxylation is 1. The van der Waals surface area contributed by atoms with Gasteiger partial charge < -0.3 is 10.2 Å². The molecule has 0 aliphatic heterocycles. The third-order valence-corrected chi connectivity index (χ3v) is 2.34. The molecule has 1 aromatic heterocycles. The van der Waals surface area contributed by atoms with E-state index in [-0.39, 0.29) is 5.69 Å². The van der Waals surface area contributed by atoms with Crippen molar-refractivity contribution in [2.45, 2.75) is 6.92 Å². The molecule has 0 atom stereocenters. The minimum Gasteiger partial charge on any atom is -0.441 e. The highest BCUT2D eigenvalue weighted by Crippen LogP contribution is 2.23. The summed E-state index contributed by atoms with van der Waals surface area (Å²) in [6, 6.07) is 7.02. The van der Waals surface area contributed by atoms with Crippen LogP contribution >= 0.6 is 11.6 Å². The van der Waals surface area contributed by atoms with E-state index in [2.05, 4.69) is 4.98 Å². The third-order valence-electron chi connectivity index (χ3n) is 2.10. The number of benzene rings is 1. The standard InChI is InChI=1S/C11H9ClN2O2/c1-6-9(10(13)15)14-11(16-6)7-3-2-4-8(12)5-7/h2-5H,1H3,(H2,13,15). The molecule has 0 saturated heterocycles. The number of rotatable bonds is 2. The van der Waals surface area contributed by atoms with Gasteiger partial charge in [0.1, 0.15) is 5.76 Å². The van der Waals surface area contributed by atoms with Crippen LogP contribution in [0.25, 0.3) is 11.5 Å². The fourth-order valence-corrected chi connectivity index (χ4v) is 1.56. The minimum atomic E-state index is -0.602. The van der Waals surface area contributed by atoms with Crippen molar-refractivity contribution >= 4 is 17.5 Å². The van der Waals surface area contributed by atoms with Gasteiger partial charge in [-0.3, -0.25) is 4.79 Å². The molecule has 1 aromatic carbocycles. The van der Waals surface area contributed by atoms with E-state index in [1.165, 1.54) is 0 Å². The first-order chi connectivity index (χ1) is 7.58. The third kappa shape index (κ3) is 1.92. The number of nitrogens with two attached hydrogens (primary N) is 1. The SMILES string of the molecule is Cc1oc(-c2cccc(Cl)c2)nc1C(N)=O. The number of oxazole rings is 1. The van der Waals surface area contributed by atoms with Gasteiger partial charge in [-0.1, -0.05) is 17.7 Å². The molecule has 4 nitrogen and oxygen atoms in total. The van der Waals surface area contributed by atoms with Crippen molar-refractivity contribution in [2.24, 2.45) is 5.73 Å². The molecule has 0 unspecified atom stereocenters. The normalized spacial score (nSPS) is 10.4. The lowest BCUT2D eigenvalue weighted by Crippen LogP contribution is -2.12. The summed E-state index contributed by atoms with van der Waals surface area (Å²) in [5.74, 6) is 0.144. The Morgan fingerprint density at radius 1 is 1.50 bits per heavy atom. The van der Waals surface area contributed by atoms with Crippen molar-refractivity contribution in [1.82, 2.24) is 4.98 Å². The van der Waals surface area contributed by atoms with Gasteiger partial charge in [0, 0.05) is 10.6 Å². The summed E-state index contributed by atoms with van der Waals surface area (Å²) < 4.78 is 5.35. The zero-order chi connectivity index (χ0) is 11.7. The Hall–Kier alpha value is -1.81. The van der Waals surface area contributed by atoms with Gasteiger partial charge in [-0.05, 0) is 25.1 Å². The van der Waals surface area contributed by atoms with Crippen LogP contribution in [0.4, 0.5) is 0 Å². The van der Waals surface area contributed by atoms with E-state index in [1.807, 2.05) is 0 Å². The molecule has 0 radical (unpaired) electrons. The number of carbonyl (C=O) groups excluding carboxylic acids is 1. The van der Waals surface area contributed by atoms with Crippen LogP contribution in [0.1, 0.15) is 16.2 Å². The number of hydrogen-bond donors (Lipinski definition) is 1. The van der Waals surface area contributed by atoms with Crippen molar-refractivity contribution in [3.8, 4) is 11.5 Å². The average Bonchev–Trinajstić information content (AvgIpc) is 2.60. The van der Waals surface area contributed by atoms with Crippen LogP contribution < -0.4 is 5.73 Å². The van der Waals surface area contributed by atoms with Gasteiger partial charge >= 0.3 is 0 Å². The first kappa shape index (κ1) is 10.7. The van der Waals surface area contributed by atoms with Gasteiger partial charge in [0.2, 0.25) is 5.89 Å². The Morgan fingerprint density at radius 2 is 2.25 bits per heavy atom. The molecular weight excluding hydrogens is 228 g/mol. The van der Waals surface area contributed by atoms with Crippen LogP contribution in [-0.2, 0) is 0 Å². The number of primary amides is 1. The highest BCUT2D eigenvalue weighted by molar-refractivity contribution is 6.30. The van der Waals surface area contributed by atoms with E-state index < -0.39 is 5.91 Å². The summed E-state index contributed by atoms with van der Waals surface area (Å²) in [4.78, 5) is 15.0. The van der Waals surface area contributed by atoms with E-state index in [9.17, 15) is 4.79 Å². The molecule has 0 saturated carbocycles. The molecule has 16 heavy (non-hydrogen) atoms. The Kier molecular flexibility index (Phi) is 2.66. The molecule has 2 N–H and O–H groups in total. The summed E-state index contributed by atoms with van der Waals surface area (Å²) in [5.41, 5.74) is 6.01. The minimum absolute atomic E-state index is 0.148. The molecule has 2 aromatic rings. The molecule has 0 aliphatic carbocycles. The first-order valence-corrected chi connectivity index (χ1v) is 4.99. The van der Waals surface area contributed by atoms with Gasteiger partial charge in [0.25, 0.3) is 5.91 Å². The van der Waals surface area contributed by atoms with Gasteiger partial charge in [-0.25, -0.2) is 4.98 Å². The smallest absolute Gasteiger partial charge is 0.270 e. The zero-order valence-electron chi connectivity index (χ0n) is 8.53. The number of nitrogens with zero attached hydrogens (tertiary/aromatic N) is 1. The Labute approximate surface area is 97.0 Å². The van der Waals surface area contributed by atoms with Crippen molar-refractivity contribution in [1.29, 1.82) is 0 Å². The molecular formula is C11H9ClN2O2. The maximum Gasteiger partial charge on any atom is 0.270 e. The lowest BCUT2D eigenvalue weighted by molar-refractivity contribution is 0.0995. The molecule has 0 fully saturated rings. The quantitative estimate of drug-likeness (QED) is 0.871. The highest BCUT2D eigenvalue weighted by atomic mass is 35.5. The molecule has 82 valence electrons. The topological polar surface area (TPSA) is 69.1 Å². The number of hydrogen-bond acceptors (Lipinski definition) is 3. The Morgan fingerprint density at radius 3 is 2.81 bits per heavy atom. The summed E-state index contributed by atoms with van der Waals surface area (Å²) >= 11 is 5.84. The van der Waals surface area contributed by atoms with Crippen LogP contribution in [-0.4, -0.2) is 10.9 Å². The molecule has 0 aliphatic rings. The summed E-state index contributed by atoms with van der Waals surface area (Å²) in [6.07, 6.45) is 0. The lowest BCUT2D eigenvalue weighted by Gasteiger charge is -1.94.